The van der Waals surface area contributed by atoms with Crippen molar-refractivity contribution in [3.63, 3.8) is 0 Å². The molecule has 6 rings (SSSR count). The number of fused-ring (bicyclic) bond motifs is 4. The van der Waals surface area contributed by atoms with E-state index in [1.54, 1.807) is 12.1 Å². The summed E-state index contributed by atoms with van der Waals surface area (Å²) in [5.74, 6) is 0.792. The lowest BCUT2D eigenvalue weighted by atomic mass is 9.92. The van der Waals surface area contributed by atoms with Gasteiger partial charge in [-0.3, -0.25) is 10.1 Å². The van der Waals surface area contributed by atoms with Crippen LogP contribution in [0.4, 0.5) is 5.69 Å². The highest BCUT2D eigenvalue weighted by Crippen LogP contribution is 2.51. The van der Waals surface area contributed by atoms with Gasteiger partial charge in [-0.1, -0.05) is 52.3 Å². The summed E-state index contributed by atoms with van der Waals surface area (Å²) >= 11 is 3.59. The molecule has 34 heavy (non-hydrogen) atoms. The number of hydrogen-bond acceptors (Lipinski definition) is 5. The molecule has 4 aromatic rings. The predicted molar refractivity (Wildman–Crippen MR) is 135 cm³/mol. The van der Waals surface area contributed by atoms with Gasteiger partial charge in [0, 0.05) is 41.1 Å². The van der Waals surface area contributed by atoms with Gasteiger partial charge in [0.1, 0.15) is 5.75 Å². The summed E-state index contributed by atoms with van der Waals surface area (Å²) in [4.78, 5) is 10.8. The van der Waals surface area contributed by atoms with E-state index < -0.39 is 10.6 Å². The van der Waals surface area contributed by atoms with E-state index >= 15 is 0 Å². The first-order valence-corrected chi connectivity index (χ1v) is 11.8. The molecule has 2 atom stereocenters. The van der Waals surface area contributed by atoms with Gasteiger partial charge in [0.15, 0.2) is 0 Å². The molecule has 0 bridgehead atoms. The average molecular weight is 514 g/mol. The van der Waals surface area contributed by atoms with Crippen molar-refractivity contribution in [2.75, 3.05) is 0 Å². The van der Waals surface area contributed by atoms with Gasteiger partial charge in [-0.25, -0.2) is 5.01 Å². The second-order valence-corrected chi connectivity index (χ2v) is 9.66. The van der Waals surface area contributed by atoms with Crippen LogP contribution in [0.5, 0.6) is 5.75 Å². The molecule has 168 valence electrons. The first-order chi connectivity index (χ1) is 16.4. The first-order valence-electron chi connectivity index (χ1n) is 11.0. The monoisotopic (exact) mass is 513 g/mol. The molecule has 2 heterocycles. The number of benzene rings is 4. The normalized spacial score (nSPS) is 20.9. The highest BCUT2D eigenvalue weighted by Gasteiger charge is 2.49. The molecule has 0 saturated carbocycles. The smallest absolute Gasteiger partial charge is 0.269 e. The summed E-state index contributed by atoms with van der Waals surface area (Å²) in [6.07, 6.45) is 0.730. The fourth-order valence-electron chi connectivity index (χ4n) is 4.91. The molecule has 4 aromatic carbocycles. The number of nitro groups is 1. The first kappa shape index (κ1) is 20.9. The van der Waals surface area contributed by atoms with E-state index in [0.29, 0.717) is 0 Å². The van der Waals surface area contributed by atoms with Crippen molar-refractivity contribution in [2.45, 2.75) is 25.1 Å². The van der Waals surface area contributed by atoms with Crippen LogP contribution in [0.15, 0.2) is 94.5 Å². The highest BCUT2D eigenvalue weighted by molar-refractivity contribution is 9.10. The molecule has 0 aliphatic carbocycles. The second-order valence-electron chi connectivity index (χ2n) is 8.74. The molecule has 0 fully saturated rings. The number of rotatable bonds is 3. The molecule has 6 nitrogen and oxygen atoms in total. The summed E-state index contributed by atoms with van der Waals surface area (Å²) in [6, 6.07) is 27.2. The van der Waals surface area contributed by atoms with Crippen LogP contribution in [-0.2, 0) is 5.72 Å². The molecule has 0 radical (unpaired) electrons. The highest BCUT2D eigenvalue weighted by atomic mass is 79.9. The zero-order valence-electron chi connectivity index (χ0n) is 18.3. The minimum atomic E-state index is -0.917. The van der Waals surface area contributed by atoms with Gasteiger partial charge in [-0.2, -0.15) is 5.10 Å². The lowest BCUT2D eigenvalue weighted by molar-refractivity contribution is -0.384. The third-order valence-corrected chi connectivity index (χ3v) is 7.18. The van der Waals surface area contributed by atoms with Gasteiger partial charge >= 0.3 is 0 Å². The third-order valence-electron chi connectivity index (χ3n) is 6.68. The molecule has 0 N–H and O–H groups in total. The number of halogens is 1. The predicted octanol–water partition coefficient (Wildman–Crippen LogP) is 6.93. The van der Waals surface area contributed by atoms with E-state index in [9.17, 15) is 10.1 Å². The summed E-state index contributed by atoms with van der Waals surface area (Å²) in [6.45, 7) is 1.97. The zero-order chi connectivity index (χ0) is 23.4. The lowest BCUT2D eigenvalue weighted by Gasteiger charge is -2.46. The SMILES string of the molecule is C[C@@]1(c2ccc([N+](=O)[O-])cc2)Oc2ccc(Br)cc2[C@H]2CC(c3ccc4ccccc4c3)=NN21. The topological polar surface area (TPSA) is 68.0 Å². The Bertz CT molecular complexity index is 1480. The maximum absolute atomic E-state index is 11.2. The van der Waals surface area contributed by atoms with Gasteiger partial charge in [0.25, 0.3) is 5.69 Å². The van der Waals surface area contributed by atoms with Crippen LogP contribution >= 0.6 is 15.9 Å². The van der Waals surface area contributed by atoms with E-state index in [4.69, 9.17) is 9.84 Å². The summed E-state index contributed by atoms with van der Waals surface area (Å²) in [5, 5.41) is 20.6. The standard InChI is InChI=1S/C27H20BrN3O3/c1-27(20-8-11-22(12-9-20)31(32)33)30-25(23-15-21(28)10-13-26(23)34-27)16-24(29-30)19-7-6-17-4-2-3-5-18(17)14-19/h2-15,25H,16H2,1H3/t25-,27+/m1/s1. The molecule has 7 heteroatoms. The molecule has 2 aliphatic rings. The summed E-state index contributed by atoms with van der Waals surface area (Å²) in [5.41, 5.74) is 3.06. The number of hydrazone groups is 1. The van der Waals surface area contributed by atoms with Gasteiger partial charge in [-0.15, -0.1) is 0 Å². The number of hydrogen-bond donors (Lipinski definition) is 0. The Morgan fingerprint density at radius 3 is 2.56 bits per heavy atom. The average Bonchev–Trinajstić information content (AvgIpc) is 3.31. The molecule has 0 spiro atoms. The molecule has 0 aromatic heterocycles. The van der Waals surface area contributed by atoms with E-state index in [2.05, 4.69) is 52.3 Å². The molecule has 0 amide bonds. The minimum Gasteiger partial charge on any atom is -0.462 e. The van der Waals surface area contributed by atoms with Gasteiger partial charge in [0.05, 0.1) is 16.7 Å². The fraction of sp³-hybridized carbons (Fsp3) is 0.148. The van der Waals surface area contributed by atoms with E-state index in [1.165, 1.54) is 22.9 Å². The Hall–Kier alpha value is -3.71. The fourth-order valence-corrected chi connectivity index (χ4v) is 5.28. The number of nitrogens with zero attached hydrogens (tertiary/aromatic N) is 3. The maximum atomic E-state index is 11.2. The Morgan fingerprint density at radius 1 is 1.03 bits per heavy atom. The van der Waals surface area contributed by atoms with E-state index in [0.717, 1.165) is 39.0 Å². The van der Waals surface area contributed by atoms with Crippen LogP contribution in [-0.4, -0.2) is 15.6 Å². The quantitative estimate of drug-likeness (QED) is 0.220. The van der Waals surface area contributed by atoms with Crippen LogP contribution in [0.3, 0.4) is 0 Å². The van der Waals surface area contributed by atoms with Crippen molar-refractivity contribution in [3.05, 3.63) is 116 Å². The molecule has 0 saturated heterocycles. The van der Waals surface area contributed by atoms with Crippen LogP contribution in [0.25, 0.3) is 10.8 Å². The largest absolute Gasteiger partial charge is 0.462 e. The van der Waals surface area contributed by atoms with E-state index in [1.807, 2.05) is 36.2 Å². The molecule has 2 aliphatic heterocycles. The number of non-ortho nitro benzene ring substituents is 1. The van der Waals surface area contributed by atoms with Gasteiger partial charge in [0.2, 0.25) is 5.72 Å². The van der Waals surface area contributed by atoms with E-state index in [-0.39, 0.29) is 11.7 Å². The van der Waals surface area contributed by atoms with Crippen molar-refractivity contribution < 1.29 is 9.66 Å². The van der Waals surface area contributed by atoms with Crippen LogP contribution in [0, 0.1) is 10.1 Å². The molecule has 0 unspecified atom stereocenters. The Labute approximate surface area is 204 Å². The van der Waals surface area contributed by atoms with Crippen molar-refractivity contribution in [1.82, 2.24) is 5.01 Å². The summed E-state index contributed by atoms with van der Waals surface area (Å²) < 4.78 is 7.54. The summed E-state index contributed by atoms with van der Waals surface area (Å²) in [7, 11) is 0. The number of nitro benzene ring substituents is 1. The Balaban J connectivity index is 1.48. The van der Waals surface area contributed by atoms with Crippen LogP contribution < -0.4 is 4.74 Å². The minimum absolute atomic E-state index is 0.0251. The van der Waals surface area contributed by atoms with Crippen molar-refractivity contribution in [2.24, 2.45) is 5.10 Å². The second kappa shape index (κ2) is 7.67. The Morgan fingerprint density at radius 2 is 1.79 bits per heavy atom. The van der Waals surface area contributed by atoms with Crippen molar-refractivity contribution >= 4 is 38.1 Å². The zero-order valence-corrected chi connectivity index (χ0v) is 19.9. The van der Waals surface area contributed by atoms with Crippen LogP contribution in [0.2, 0.25) is 0 Å². The van der Waals surface area contributed by atoms with Crippen LogP contribution in [0.1, 0.15) is 36.1 Å². The third kappa shape index (κ3) is 3.27. The lowest BCUT2D eigenvalue weighted by Crippen LogP contribution is -2.48. The molecular formula is C27H20BrN3O3. The van der Waals surface area contributed by atoms with Gasteiger partial charge < -0.3 is 4.74 Å². The van der Waals surface area contributed by atoms with Crippen molar-refractivity contribution in [1.29, 1.82) is 0 Å². The molecular weight excluding hydrogens is 494 g/mol. The Kier molecular flexibility index (Phi) is 4.71. The van der Waals surface area contributed by atoms with Gasteiger partial charge in [-0.05, 0) is 52.7 Å². The number of ether oxygens (including phenoxy) is 1. The maximum Gasteiger partial charge on any atom is 0.269 e. The van der Waals surface area contributed by atoms with Crippen molar-refractivity contribution in [3.8, 4) is 5.75 Å².